The molecule has 1 heterocycles. The van der Waals surface area contributed by atoms with Crippen molar-refractivity contribution in [3.8, 4) is 11.6 Å². The molecule has 22 heavy (non-hydrogen) atoms. The van der Waals surface area contributed by atoms with E-state index in [4.69, 9.17) is 4.74 Å². The van der Waals surface area contributed by atoms with E-state index in [0.717, 1.165) is 23.4 Å². The van der Waals surface area contributed by atoms with Crippen molar-refractivity contribution in [1.82, 2.24) is 9.97 Å². The third-order valence-electron chi connectivity index (χ3n) is 3.73. The van der Waals surface area contributed by atoms with Gasteiger partial charge in [0.25, 0.3) is 5.56 Å². The van der Waals surface area contributed by atoms with Gasteiger partial charge in [0.15, 0.2) is 0 Å². The Bertz CT molecular complexity index is 727. The molecular formula is C17H23N3O2. The van der Waals surface area contributed by atoms with Crippen LogP contribution in [0.4, 0.5) is 5.95 Å². The number of nitrogens with one attached hydrogen (secondary N) is 1. The Balaban J connectivity index is 2.50. The summed E-state index contributed by atoms with van der Waals surface area (Å²) in [6.07, 6.45) is 0. The third kappa shape index (κ3) is 3.13. The van der Waals surface area contributed by atoms with Crippen molar-refractivity contribution in [2.75, 3.05) is 18.5 Å². The fraction of sp³-hybridized carbons (Fsp3) is 0.412. The zero-order valence-corrected chi connectivity index (χ0v) is 14.1. The molecule has 0 fully saturated rings. The van der Waals surface area contributed by atoms with Gasteiger partial charge in [-0.05, 0) is 45.7 Å². The van der Waals surface area contributed by atoms with Crippen LogP contribution in [0.3, 0.4) is 0 Å². The van der Waals surface area contributed by atoms with E-state index < -0.39 is 0 Å². The number of benzene rings is 1. The number of ether oxygens (including phenoxy) is 1. The third-order valence-corrected chi connectivity index (χ3v) is 3.73. The van der Waals surface area contributed by atoms with Crippen molar-refractivity contribution in [2.24, 2.45) is 0 Å². The molecule has 0 aliphatic rings. The molecule has 0 saturated heterocycles. The normalized spacial score (nSPS) is 10.6. The second-order valence-electron chi connectivity index (χ2n) is 5.66. The van der Waals surface area contributed by atoms with Gasteiger partial charge in [0, 0.05) is 13.6 Å². The molecule has 1 N–H and O–H groups in total. The predicted molar refractivity (Wildman–Crippen MR) is 89.3 cm³/mol. The highest BCUT2D eigenvalue weighted by Gasteiger charge is 2.14. The highest BCUT2D eigenvalue weighted by Crippen LogP contribution is 2.30. The van der Waals surface area contributed by atoms with Gasteiger partial charge in [0.2, 0.25) is 11.8 Å². The van der Waals surface area contributed by atoms with Crippen LogP contribution in [0.15, 0.2) is 16.9 Å². The van der Waals surface area contributed by atoms with Crippen LogP contribution in [0.1, 0.15) is 29.2 Å². The van der Waals surface area contributed by atoms with Gasteiger partial charge >= 0.3 is 0 Å². The van der Waals surface area contributed by atoms with Crippen LogP contribution in [-0.2, 0) is 0 Å². The van der Waals surface area contributed by atoms with Crippen LogP contribution < -0.4 is 15.2 Å². The van der Waals surface area contributed by atoms with Crippen LogP contribution in [0.2, 0.25) is 0 Å². The summed E-state index contributed by atoms with van der Waals surface area (Å²) >= 11 is 0. The number of anilines is 1. The molecule has 0 radical (unpaired) electrons. The van der Waals surface area contributed by atoms with Crippen molar-refractivity contribution < 1.29 is 4.74 Å². The monoisotopic (exact) mass is 301 g/mol. The van der Waals surface area contributed by atoms with Gasteiger partial charge in [-0.3, -0.25) is 9.78 Å². The Morgan fingerprint density at radius 1 is 1.18 bits per heavy atom. The number of hydrogen-bond acceptors (Lipinski definition) is 4. The fourth-order valence-corrected chi connectivity index (χ4v) is 2.35. The van der Waals surface area contributed by atoms with Gasteiger partial charge in [-0.15, -0.1) is 0 Å². The number of aromatic amines is 1. The summed E-state index contributed by atoms with van der Waals surface area (Å²) in [5.74, 6) is 1.63. The van der Waals surface area contributed by atoms with Gasteiger partial charge in [-0.2, -0.15) is 4.98 Å². The van der Waals surface area contributed by atoms with Crippen molar-refractivity contribution in [3.05, 3.63) is 44.7 Å². The van der Waals surface area contributed by atoms with E-state index in [2.05, 4.69) is 29.0 Å². The molecule has 0 atom stereocenters. The Hall–Kier alpha value is -2.30. The molecule has 0 saturated carbocycles. The van der Waals surface area contributed by atoms with Gasteiger partial charge in [0.1, 0.15) is 5.75 Å². The SMILES string of the molecule is CCN(C)c1nc(Oc2c(C)cc(C)cc2C)c(C)c(=O)[nH]1. The lowest BCUT2D eigenvalue weighted by atomic mass is 10.1. The number of aromatic nitrogens is 2. The summed E-state index contributed by atoms with van der Waals surface area (Å²) in [6.45, 7) is 10.5. The molecule has 0 aliphatic carbocycles. The van der Waals surface area contributed by atoms with Gasteiger partial charge < -0.3 is 9.64 Å². The smallest absolute Gasteiger partial charge is 0.259 e. The zero-order valence-electron chi connectivity index (χ0n) is 14.1. The molecular weight excluding hydrogens is 278 g/mol. The van der Waals surface area contributed by atoms with E-state index in [-0.39, 0.29) is 5.56 Å². The van der Waals surface area contributed by atoms with Gasteiger partial charge in [-0.1, -0.05) is 17.7 Å². The lowest BCUT2D eigenvalue weighted by Gasteiger charge is -2.18. The number of hydrogen-bond donors (Lipinski definition) is 1. The van der Waals surface area contributed by atoms with Crippen LogP contribution >= 0.6 is 0 Å². The summed E-state index contributed by atoms with van der Waals surface area (Å²) in [5, 5.41) is 0. The summed E-state index contributed by atoms with van der Waals surface area (Å²) in [5.41, 5.74) is 3.55. The second kappa shape index (κ2) is 6.22. The maximum absolute atomic E-state index is 12.1. The second-order valence-corrected chi connectivity index (χ2v) is 5.66. The maximum Gasteiger partial charge on any atom is 0.259 e. The van der Waals surface area contributed by atoms with E-state index in [1.54, 1.807) is 6.92 Å². The first-order valence-electron chi connectivity index (χ1n) is 7.41. The molecule has 118 valence electrons. The quantitative estimate of drug-likeness (QED) is 0.941. The Labute approximate surface area is 131 Å². The minimum atomic E-state index is -0.178. The molecule has 0 unspecified atom stereocenters. The molecule has 0 bridgehead atoms. The molecule has 0 amide bonds. The molecule has 5 nitrogen and oxygen atoms in total. The Kier molecular flexibility index (Phi) is 4.54. The first-order chi connectivity index (χ1) is 10.3. The van der Waals surface area contributed by atoms with E-state index in [1.165, 1.54) is 5.56 Å². The molecule has 2 aromatic rings. The molecule has 2 rings (SSSR count). The van der Waals surface area contributed by atoms with E-state index >= 15 is 0 Å². The first-order valence-corrected chi connectivity index (χ1v) is 7.41. The predicted octanol–water partition coefficient (Wildman–Crippen LogP) is 3.25. The van der Waals surface area contributed by atoms with Gasteiger partial charge in [-0.25, -0.2) is 0 Å². The fourth-order valence-electron chi connectivity index (χ4n) is 2.35. The summed E-state index contributed by atoms with van der Waals surface area (Å²) in [7, 11) is 1.87. The van der Waals surface area contributed by atoms with Crippen LogP contribution in [-0.4, -0.2) is 23.6 Å². The molecule has 5 heteroatoms. The number of H-pyrrole nitrogens is 1. The number of rotatable bonds is 4. The lowest BCUT2D eigenvalue weighted by Crippen LogP contribution is -2.24. The van der Waals surface area contributed by atoms with E-state index in [0.29, 0.717) is 17.4 Å². The summed E-state index contributed by atoms with van der Waals surface area (Å²) < 4.78 is 5.98. The first kappa shape index (κ1) is 16.1. The van der Waals surface area contributed by atoms with E-state index in [9.17, 15) is 4.79 Å². The standard InChI is InChI=1S/C17H23N3O2/c1-7-20(6)17-18-15(21)13(5)16(19-17)22-14-11(3)8-10(2)9-12(14)4/h8-9H,7H2,1-6H3,(H,18,19,21). The zero-order chi connectivity index (χ0) is 16.4. The largest absolute Gasteiger partial charge is 0.438 e. The molecule has 0 aliphatic heterocycles. The van der Waals surface area contributed by atoms with Crippen molar-refractivity contribution in [3.63, 3.8) is 0 Å². The Morgan fingerprint density at radius 2 is 1.77 bits per heavy atom. The summed E-state index contributed by atoms with van der Waals surface area (Å²) in [6, 6.07) is 4.12. The van der Waals surface area contributed by atoms with Crippen LogP contribution in [0.5, 0.6) is 11.6 Å². The summed E-state index contributed by atoms with van der Waals surface area (Å²) in [4.78, 5) is 21.2. The van der Waals surface area contributed by atoms with Crippen molar-refractivity contribution in [1.29, 1.82) is 0 Å². The maximum atomic E-state index is 12.1. The highest BCUT2D eigenvalue weighted by atomic mass is 16.5. The Morgan fingerprint density at radius 3 is 2.32 bits per heavy atom. The number of aryl methyl sites for hydroxylation is 3. The molecule has 0 spiro atoms. The highest BCUT2D eigenvalue weighted by molar-refractivity contribution is 5.46. The van der Waals surface area contributed by atoms with Gasteiger partial charge in [0.05, 0.1) is 5.56 Å². The van der Waals surface area contributed by atoms with Crippen molar-refractivity contribution in [2.45, 2.75) is 34.6 Å². The average Bonchev–Trinajstić information content (AvgIpc) is 2.45. The minimum Gasteiger partial charge on any atom is -0.438 e. The molecule has 1 aromatic carbocycles. The number of nitrogens with zero attached hydrogens (tertiary/aromatic N) is 2. The van der Waals surface area contributed by atoms with Crippen molar-refractivity contribution >= 4 is 5.95 Å². The van der Waals surface area contributed by atoms with Crippen LogP contribution in [0.25, 0.3) is 0 Å². The van der Waals surface area contributed by atoms with Crippen LogP contribution in [0, 0.1) is 27.7 Å². The minimum absolute atomic E-state index is 0.178. The van der Waals surface area contributed by atoms with E-state index in [1.807, 2.05) is 32.7 Å². The lowest BCUT2D eigenvalue weighted by molar-refractivity contribution is 0.449. The molecule has 1 aromatic heterocycles. The topological polar surface area (TPSA) is 58.2 Å². The average molecular weight is 301 g/mol.